The molecule has 11 aromatic carbocycles. The largest absolute Gasteiger partial charge is 0.455 e. The maximum absolute atomic E-state index is 8.74. The third-order valence-electron chi connectivity index (χ3n) is 28.7. The van der Waals surface area contributed by atoms with Crippen LogP contribution in [0.25, 0.3) is 177 Å². The molecule has 9 aromatic heterocycles. The summed E-state index contributed by atoms with van der Waals surface area (Å²) in [6.07, 6.45) is 7.69. The van der Waals surface area contributed by atoms with E-state index >= 15 is 0 Å². The van der Waals surface area contributed by atoms with Crippen LogP contribution in [-0.2, 0) is 49.9 Å². The molecule has 0 saturated heterocycles. The van der Waals surface area contributed by atoms with E-state index in [1.54, 1.807) is 218 Å². The lowest BCUT2D eigenvalue weighted by Gasteiger charge is -2.22. The van der Waals surface area contributed by atoms with Gasteiger partial charge in [-0.2, -0.15) is 0 Å². The SMILES string of the molecule is [2H]C([2H])([2H])c1c[n+](C)c(-c2c(C)ccc3c2oc2c4c(ccc23)C(C([2H])([2H])[2H])(C([2H])([2H])[2H])c2ncccc2-4)cc1C([2H])(C)C.[2H]C([2H])([2H])c1c[n+](C)c(-c2c(C)ccc3c2oc2cc4c(cc23)-c2ccccc2C4(C([2H])([2H])[2H])C([2H])([2H])[2H])cc1C([2H])(C)C.[2H]C([2H])([2H])c1c[n+](C)c(-c2c(C)ccc3c2oc2ccc4c(c23)-c2ccccc2C4(C([2H])([2H])[2H])C([2H])([2H])[2H])cc1C([2H])(C)C.[2H]C([2H])([2H])c1c[n+](C)c(-c2c(C)ccc3c2oc2ccc4c(c23)C(C)(C)c2ccccc2-4)cc1C([2H])(C)C. The number of fused-ring (bicyclic) bond motifs is 27. The Labute approximate surface area is 849 Å². The fraction of sp³-hybridized carbons (Fsp3) is 0.283. The molecule has 24 rings (SSSR count). The molecular weight excluding hydrogens is 1660 g/mol. The molecule has 136 heavy (non-hydrogen) atoms. The Hall–Kier alpha value is -13.6. The van der Waals surface area contributed by atoms with Crippen molar-refractivity contribution in [2.45, 2.75) is 211 Å². The van der Waals surface area contributed by atoms with Crippen molar-refractivity contribution in [1.29, 1.82) is 0 Å². The minimum absolute atomic E-state index is 0.0340. The van der Waals surface area contributed by atoms with Crippen molar-refractivity contribution in [3.63, 3.8) is 0 Å². The van der Waals surface area contributed by atoms with E-state index < -0.39 is 108 Å². The summed E-state index contributed by atoms with van der Waals surface area (Å²) in [4.78, 5) is 4.34. The van der Waals surface area contributed by atoms with Crippen molar-refractivity contribution in [3.8, 4) is 89.5 Å². The summed E-state index contributed by atoms with van der Waals surface area (Å²) in [5, 5.41) is 6.30. The van der Waals surface area contributed by atoms with Gasteiger partial charge in [0.15, 0.2) is 24.8 Å². The molecule has 4 aliphatic carbocycles. The summed E-state index contributed by atoms with van der Waals surface area (Å²) in [5.41, 5.74) is 17.6. The molecule has 9 heterocycles. The monoisotopic (exact) mass is 1820 g/mol. The predicted molar refractivity (Wildman–Crippen MR) is 564 cm³/mol. The van der Waals surface area contributed by atoms with Crippen LogP contribution in [0.15, 0.2) is 255 Å². The van der Waals surface area contributed by atoms with E-state index in [1.807, 2.05) is 80.9 Å². The first-order valence-corrected chi connectivity index (χ1v) is 45.8. The van der Waals surface area contributed by atoms with Crippen LogP contribution in [0.4, 0.5) is 0 Å². The third-order valence-corrected chi connectivity index (χ3v) is 28.7. The normalized spacial score (nSPS) is 19.2. The summed E-state index contributed by atoms with van der Waals surface area (Å²) in [6, 6.07) is 62.4. The van der Waals surface area contributed by atoms with Crippen LogP contribution < -0.4 is 18.3 Å². The van der Waals surface area contributed by atoms with Gasteiger partial charge in [-0.3, -0.25) is 4.98 Å². The number of furan rings is 4. The first-order valence-electron chi connectivity index (χ1n) is 62.8. The van der Waals surface area contributed by atoms with Gasteiger partial charge >= 0.3 is 0 Å². The van der Waals surface area contributed by atoms with Gasteiger partial charge in [-0.1, -0.05) is 262 Å². The van der Waals surface area contributed by atoms with E-state index in [0.717, 1.165) is 66.2 Å². The predicted octanol–water partition coefficient (Wildman–Crippen LogP) is 31.9. The molecule has 9 nitrogen and oxygen atoms in total. The molecule has 0 bridgehead atoms. The Kier molecular flexibility index (Phi) is 13.6. The molecular formula is C127H127N5O4+4. The molecule has 0 aliphatic heterocycles. The zero-order chi connectivity index (χ0) is 124. The highest BCUT2D eigenvalue weighted by atomic mass is 16.3. The Morgan fingerprint density at radius 1 is 0.287 bits per heavy atom. The minimum atomic E-state index is -2.95. The van der Waals surface area contributed by atoms with E-state index in [9.17, 15) is 0 Å². The number of hydrogen-bond acceptors (Lipinski definition) is 5. The molecule has 9 heteroatoms. The van der Waals surface area contributed by atoms with Gasteiger partial charge in [-0.25, -0.2) is 18.3 Å². The number of pyridine rings is 5. The lowest BCUT2D eigenvalue weighted by Crippen LogP contribution is -2.32. The van der Waals surface area contributed by atoms with E-state index in [0.29, 0.717) is 144 Å². The number of nitrogens with zero attached hydrogens (tertiary/aromatic N) is 5. The molecule has 680 valence electrons. The Balaban J connectivity index is 0.000000129. The van der Waals surface area contributed by atoms with Crippen LogP contribution in [0, 0.1) is 55.1 Å². The van der Waals surface area contributed by atoms with Crippen molar-refractivity contribution < 1.29 is 82.5 Å². The first kappa shape index (κ1) is 57.9. The smallest absolute Gasteiger partial charge is 0.216 e. The quantitative estimate of drug-likeness (QED) is 0.142. The fourth-order valence-corrected chi connectivity index (χ4v) is 21.9. The number of hydrogen-bond donors (Lipinski definition) is 0. The number of benzene rings is 11. The van der Waals surface area contributed by atoms with Gasteiger partial charge in [0.2, 0.25) is 22.8 Å². The number of aryl methyl sites for hydroxylation is 12. The second kappa shape index (κ2) is 32.0. The van der Waals surface area contributed by atoms with Crippen molar-refractivity contribution in [2.24, 2.45) is 28.2 Å². The van der Waals surface area contributed by atoms with Crippen LogP contribution in [0.2, 0.25) is 0 Å². The van der Waals surface area contributed by atoms with Gasteiger partial charge in [0.05, 0.1) is 27.9 Å². The highest BCUT2D eigenvalue weighted by Gasteiger charge is 2.44. The summed E-state index contributed by atoms with van der Waals surface area (Å²) in [7, 11) is 7.11. The second-order valence-electron chi connectivity index (χ2n) is 38.7. The van der Waals surface area contributed by atoms with Crippen LogP contribution in [0.1, 0.15) is 292 Å². The average molecular weight is 1820 g/mol. The molecule has 4 aliphatic rings. The van der Waals surface area contributed by atoms with E-state index in [2.05, 4.69) is 74.3 Å². The first-order chi connectivity index (χ1) is 78.3. The molecule has 0 fully saturated rings. The van der Waals surface area contributed by atoms with Gasteiger partial charge in [0.1, 0.15) is 72.9 Å². The molecule has 0 amide bonds. The maximum atomic E-state index is 8.74. The lowest BCUT2D eigenvalue weighted by molar-refractivity contribution is -0.660. The lowest BCUT2D eigenvalue weighted by atomic mass is 9.80. The molecule has 0 unspecified atom stereocenters. The number of rotatable bonds is 8. The van der Waals surface area contributed by atoms with E-state index in [4.69, 9.17) is 64.3 Å². The molecule has 20 aromatic rings. The minimum Gasteiger partial charge on any atom is -0.455 e. The standard InChI is InChI=1S/3C32H32NO.C31H31N2O/c1-18(2)23-15-28(33(7)17-20(23)4)30-19(3)12-13-22-25-14-24-21-10-8-9-11-26(21)32(5,6)27(24)16-29(25)34-31(22)30;1-18(2)24-16-26(33(7)17-20(24)4)28-19(3)12-13-23-29-27(34-31(23)28)15-14-22-21-10-8-9-11-25(21)32(5,6)30(22)29;1-18(2)23-16-26(33(7)17-20(23)4)28-19(3)12-13-22-30-27(34-31(22)28)15-14-25-29(30)21-10-8-9-11-24(21)32(25,5)6;1-17(2)23-15-25(33(7)16-19(23)4)26-18(3)10-11-20-21-12-13-24-27(29(21)34-28(20)26)22-9-8-14-32-30(22)31(24,5)6/h3*8-18H,1-7H3;8-17H,1-7H3/q4*+1/i4D3,5D3,6D3,18D;4D3,18D;4D3,5D3,6D3,18D;4D3,5D3,6D3,17D. The van der Waals surface area contributed by atoms with Crippen LogP contribution in [0.3, 0.4) is 0 Å². The summed E-state index contributed by atoms with van der Waals surface area (Å²) in [5.74, 6) is -4.71. The van der Waals surface area contributed by atoms with Crippen LogP contribution >= 0.6 is 0 Å². The molecule has 0 saturated carbocycles. The van der Waals surface area contributed by atoms with E-state index in [1.165, 1.54) is 34.6 Å². The zero-order valence-electron chi connectivity index (χ0n) is 113. The molecule has 0 atom stereocenters. The highest BCUT2D eigenvalue weighted by molar-refractivity contribution is 6.19. The third kappa shape index (κ3) is 13.4. The number of aromatic nitrogens is 5. The second-order valence-corrected chi connectivity index (χ2v) is 38.7. The average Bonchev–Trinajstić information content (AvgIpc) is 1.51. The zero-order valence-corrected chi connectivity index (χ0v) is 79.4. The Morgan fingerprint density at radius 2 is 0.647 bits per heavy atom. The highest BCUT2D eigenvalue weighted by Crippen LogP contribution is 2.59. The summed E-state index contributed by atoms with van der Waals surface area (Å²) >= 11 is 0. The summed E-state index contributed by atoms with van der Waals surface area (Å²) < 4.78 is 319. The van der Waals surface area contributed by atoms with Gasteiger partial charge < -0.3 is 17.7 Å². The van der Waals surface area contributed by atoms with Crippen molar-refractivity contribution in [1.82, 2.24) is 4.98 Å². The van der Waals surface area contributed by atoms with Gasteiger partial charge in [-0.05, 0) is 226 Å². The van der Waals surface area contributed by atoms with Crippen LogP contribution in [-0.4, -0.2) is 4.98 Å². The Morgan fingerprint density at radius 3 is 1.12 bits per heavy atom. The van der Waals surface area contributed by atoms with Gasteiger partial charge in [0, 0.05) is 175 Å². The van der Waals surface area contributed by atoms with Gasteiger partial charge in [-0.15, -0.1) is 0 Å². The van der Waals surface area contributed by atoms with Gasteiger partial charge in [0.25, 0.3) is 0 Å². The van der Waals surface area contributed by atoms with Crippen molar-refractivity contribution >= 4 is 87.8 Å². The maximum Gasteiger partial charge on any atom is 0.216 e. The van der Waals surface area contributed by atoms with E-state index in [-0.39, 0.29) is 61.2 Å². The van der Waals surface area contributed by atoms with Crippen LogP contribution in [0.5, 0.6) is 0 Å². The Bertz CT molecular complexity index is 9840. The molecule has 0 spiro atoms. The molecule has 0 radical (unpaired) electrons. The molecule has 0 N–H and O–H groups in total. The summed E-state index contributed by atoms with van der Waals surface area (Å²) in [6.45, 7) is -1.32. The van der Waals surface area contributed by atoms with Crippen molar-refractivity contribution in [2.75, 3.05) is 0 Å². The van der Waals surface area contributed by atoms with Crippen molar-refractivity contribution in [3.05, 3.63) is 349 Å². The topological polar surface area (TPSA) is 81.0 Å². The fourth-order valence-electron chi connectivity index (χ4n) is 21.9.